The largest absolute Gasteiger partial charge is 0.481 e. The number of furan rings is 1. The highest BCUT2D eigenvalue weighted by Crippen LogP contribution is 2.04. The van der Waals surface area contributed by atoms with Crippen molar-refractivity contribution in [1.29, 1.82) is 0 Å². The molecule has 0 radical (unpaired) electrons. The summed E-state index contributed by atoms with van der Waals surface area (Å²) >= 11 is 0. The third kappa shape index (κ3) is 5.13. The Kier molecular flexibility index (Phi) is 5.76. The Balaban J connectivity index is 2.35. The van der Waals surface area contributed by atoms with Crippen LogP contribution in [0, 0.1) is 5.92 Å². The first-order valence-corrected chi connectivity index (χ1v) is 6.17. The van der Waals surface area contributed by atoms with Gasteiger partial charge in [0.1, 0.15) is 0 Å². The number of carbonyl (C=O) groups is 3. The predicted molar refractivity (Wildman–Crippen MR) is 70.1 cm³/mol. The van der Waals surface area contributed by atoms with E-state index in [1.54, 1.807) is 13.0 Å². The summed E-state index contributed by atoms with van der Waals surface area (Å²) in [6, 6.07) is 3.11. The minimum Gasteiger partial charge on any atom is -0.481 e. The quantitative estimate of drug-likeness (QED) is 0.762. The number of hydrogen-bond donors (Lipinski definition) is 2. The van der Waals surface area contributed by atoms with Crippen LogP contribution in [0.3, 0.4) is 0 Å². The molecule has 110 valence electrons. The molecule has 7 heteroatoms. The zero-order chi connectivity index (χ0) is 15.1. The van der Waals surface area contributed by atoms with E-state index < -0.39 is 5.97 Å². The van der Waals surface area contributed by atoms with Gasteiger partial charge in [0, 0.05) is 20.0 Å². The summed E-state index contributed by atoms with van der Waals surface area (Å²) in [4.78, 5) is 35.1. The summed E-state index contributed by atoms with van der Waals surface area (Å²) in [5.41, 5.74) is 0. The van der Waals surface area contributed by atoms with Crippen molar-refractivity contribution >= 4 is 17.8 Å². The van der Waals surface area contributed by atoms with Crippen LogP contribution in [-0.4, -0.2) is 47.9 Å². The molecule has 0 bridgehead atoms. The number of nitrogens with zero attached hydrogens (tertiary/aromatic N) is 1. The van der Waals surface area contributed by atoms with Gasteiger partial charge in [-0.1, -0.05) is 6.92 Å². The van der Waals surface area contributed by atoms with E-state index in [1.165, 1.54) is 24.3 Å². The minimum atomic E-state index is -0.906. The van der Waals surface area contributed by atoms with Crippen LogP contribution in [0.2, 0.25) is 0 Å². The summed E-state index contributed by atoms with van der Waals surface area (Å²) in [6.45, 7) is 1.87. The lowest BCUT2D eigenvalue weighted by Crippen LogP contribution is -2.39. The molecule has 7 nitrogen and oxygen atoms in total. The fraction of sp³-hybridized carbons (Fsp3) is 0.462. The van der Waals surface area contributed by atoms with E-state index in [0.29, 0.717) is 0 Å². The van der Waals surface area contributed by atoms with Gasteiger partial charge in [-0.25, -0.2) is 0 Å². The van der Waals surface area contributed by atoms with Gasteiger partial charge in [-0.3, -0.25) is 14.4 Å². The summed E-state index contributed by atoms with van der Waals surface area (Å²) in [5.74, 6) is -1.63. The summed E-state index contributed by atoms with van der Waals surface area (Å²) in [5, 5.41) is 11.2. The van der Waals surface area contributed by atoms with Gasteiger partial charge >= 0.3 is 5.97 Å². The number of likely N-dealkylation sites (N-methyl/N-ethyl adjacent to an activating group) is 1. The molecule has 0 spiro atoms. The van der Waals surface area contributed by atoms with E-state index in [-0.39, 0.29) is 43.0 Å². The average Bonchev–Trinajstić information content (AvgIpc) is 2.88. The minimum absolute atomic E-state index is 0.0125. The zero-order valence-corrected chi connectivity index (χ0v) is 11.5. The SMILES string of the molecule is CC(CNC(=O)CN(C)C(=O)c1ccco1)CC(=O)O. The predicted octanol–water partition coefficient (Wildman–Crippen LogP) is 0.579. The maximum atomic E-state index is 11.8. The van der Waals surface area contributed by atoms with E-state index in [9.17, 15) is 14.4 Å². The van der Waals surface area contributed by atoms with Gasteiger partial charge in [-0.15, -0.1) is 0 Å². The van der Waals surface area contributed by atoms with Gasteiger partial charge in [0.05, 0.1) is 12.8 Å². The molecule has 1 aromatic heterocycles. The number of carboxylic acids is 1. The second-order valence-electron chi connectivity index (χ2n) is 4.65. The van der Waals surface area contributed by atoms with E-state index >= 15 is 0 Å². The molecule has 1 atom stereocenters. The van der Waals surface area contributed by atoms with Crippen molar-refractivity contribution in [3.8, 4) is 0 Å². The lowest BCUT2D eigenvalue weighted by Gasteiger charge is -2.16. The molecule has 0 aliphatic rings. The van der Waals surface area contributed by atoms with Crippen LogP contribution < -0.4 is 5.32 Å². The van der Waals surface area contributed by atoms with Crippen LogP contribution in [0.1, 0.15) is 23.9 Å². The molecule has 0 saturated carbocycles. The van der Waals surface area contributed by atoms with Crippen molar-refractivity contribution in [1.82, 2.24) is 10.2 Å². The average molecular weight is 282 g/mol. The van der Waals surface area contributed by atoms with Gasteiger partial charge < -0.3 is 19.7 Å². The number of amides is 2. The molecule has 20 heavy (non-hydrogen) atoms. The van der Waals surface area contributed by atoms with Gasteiger partial charge in [-0.05, 0) is 18.1 Å². The molecule has 2 amide bonds. The van der Waals surface area contributed by atoms with Crippen LogP contribution in [-0.2, 0) is 9.59 Å². The van der Waals surface area contributed by atoms with Gasteiger partial charge in [0.15, 0.2) is 5.76 Å². The number of hydrogen-bond acceptors (Lipinski definition) is 4. The molecule has 0 aliphatic heterocycles. The smallest absolute Gasteiger partial charge is 0.303 e. The monoisotopic (exact) mass is 282 g/mol. The Hall–Kier alpha value is -2.31. The first-order valence-electron chi connectivity index (χ1n) is 6.17. The summed E-state index contributed by atoms with van der Waals surface area (Å²) < 4.78 is 4.95. The van der Waals surface area contributed by atoms with E-state index in [0.717, 1.165) is 0 Å². The number of nitrogens with one attached hydrogen (secondary N) is 1. The second kappa shape index (κ2) is 7.32. The van der Waals surface area contributed by atoms with Crippen LogP contribution in [0.4, 0.5) is 0 Å². The molecular weight excluding hydrogens is 264 g/mol. The summed E-state index contributed by atoms with van der Waals surface area (Å²) in [6.07, 6.45) is 1.37. The van der Waals surface area contributed by atoms with Crippen molar-refractivity contribution < 1.29 is 23.9 Å². The standard InChI is InChI=1S/C13H18N2O5/c1-9(6-12(17)18)7-14-11(16)8-15(2)13(19)10-4-3-5-20-10/h3-5,9H,6-8H2,1-2H3,(H,14,16)(H,17,18). The van der Waals surface area contributed by atoms with Gasteiger partial charge in [0.2, 0.25) is 5.91 Å². The highest BCUT2D eigenvalue weighted by molar-refractivity contribution is 5.94. The van der Waals surface area contributed by atoms with E-state index in [2.05, 4.69) is 5.32 Å². The molecule has 1 unspecified atom stereocenters. The topological polar surface area (TPSA) is 99.9 Å². The Labute approximate surface area is 116 Å². The van der Waals surface area contributed by atoms with Crippen molar-refractivity contribution in [2.45, 2.75) is 13.3 Å². The molecule has 0 aliphatic carbocycles. The maximum Gasteiger partial charge on any atom is 0.303 e. The van der Waals surface area contributed by atoms with Crippen LogP contribution in [0.25, 0.3) is 0 Å². The third-order valence-electron chi connectivity index (χ3n) is 2.63. The molecule has 0 aromatic carbocycles. The van der Waals surface area contributed by atoms with Crippen LogP contribution in [0.15, 0.2) is 22.8 Å². The molecule has 1 rings (SSSR count). The Morgan fingerprint density at radius 2 is 2.15 bits per heavy atom. The molecule has 2 N–H and O–H groups in total. The number of carboxylic acid groups (broad SMARTS) is 1. The molecule has 0 fully saturated rings. The van der Waals surface area contributed by atoms with Crippen LogP contribution >= 0.6 is 0 Å². The van der Waals surface area contributed by atoms with Crippen LogP contribution in [0.5, 0.6) is 0 Å². The maximum absolute atomic E-state index is 11.8. The van der Waals surface area contributed by atoms with Crippen molar-refractivity contribution in [2.75, 3.05) is 20.1 Å². The number of carbonyl (C=O) groups excluding carboxylic acids is 2. The Morgan fingerprint density at radius 3 is 2.70 bits per heavy atom. The van der Waals surface area contributed by atoms with Crippen molar-refractivity contribution in [2.24, 2.45) is 5.92 Å². The van der Waals surface area contributed by atoms with Crippen molar-refractivity contribution in [3.05, 3.63) is 24.2 Å². The highest BCUT2D eigenvalue weighted by atomic mass is 16.4. The van der Waals surface area contributed by atoms with Gasteiger partial charge in [0.25, 0.3) is 5.91 Å². The fourth-order valence-corrected chi connectivity index (χ4v) is 1.59. The number of aliphatic carboxylic acids is 1. The van der Waals surface area contributed by atoms with Crippen molar-refractivity contribution in [3.63, 3.8) is 0 Å². The van der Waals surface area contributed by atoms with E-state index in [4.69, 9.17) is 9.52 Å². The molecular formula is C13H18N2O5. The van der Waals surface area contributed by atoms with Gasteiger partial charge in [-0.2, -0.15) is 0 Å². The lowest BCUT2D eigenvalue weighted by molar-refractivity contribution is -0.138. The normalized spacial score (nSPS) is 11.7. The van der Waals surface area contributed by atoms with E-state index in [1.807, 2.05) is 0 Å². The number of rotatable bonds is 7. The molecule has 1 aromatic rings. The first-order chi connectivity index (χ1) is 9.40. The molecule has 0 saturated heterocycles. The first kappa shape index (κ1) is 15.7. The third-order valence-corrected chi connectivity index (χ3v) is 2.63. The highest BCUT2D eigenvalue weighted by Gasteiger charge is 2.17. The lowest BCUT2D eigenvalue weighted by atomic mass is 10.1. The summed E-state index contributed by atoms with van der Waals surface area (Å²) in [7, 11) is 1.49. The zero-order valence-electron chi connectivity index (χ0n) is 11.5. The second-order valence-corrected chi connectivity index (χ2v) is 4.65. The Bertz CT molecular complexity index is 469. The molecule has 1 heterocycles. The fourth-order valence-electron chi connectivity index (χ4n) is 1.59. The Morgan fingerprint density at radius 1 is 1.45 bits per heavy atom.